The highest BCUT2D eigenvalue weighted by Crippen LogP contribution is 2.16. The van der Waals surface area contributed by atoms with Gasteiger partial charge in [-0.15, -0.1) is 0 Å². The molecule has 0 atom stereocenters. The predicted octanol–water partition coefficient (Wildman–Crippen LogP) is 2.81. The van der Waals surface area contributed by atoms with Crippen molar-refractivity contribution in [1.82, 2.24) is 4.98 Å². The number of amides is 1. The quantitative estimate of drug-likeness (QED) is 0.761. The molecule has 0 N–H and O–H groups in total. The highest BCUT2D eigenvalue weighted by Gasteiger charge is 2.15. The zero-order chi connectivity index (χ0) is 13.1. The number of hydrogen-bond acceptors (Lipinski definition) is 2. The molecule has 1 amide bonds. The Hall–Kier alpha value is -2.23. The highest BCUT2D eigenvalue weighted by atomic mass is 19.1. The van der Waals surface area contributed by atoms with Crippen LogP contribution >= 0.6 is 0 Å². The van der Waals surface area contributed by atoms with Crippen LogP contribution in [-0.2, 0) is 0 Å². The van der Waals surface area contributed by atoms with Gasteiger partial charge in [0.25, 0.3) is 5.91 Å². The minimum Gasteiger partial charge on any atom is -0.310 e. The van der Waals surface area contributed by atoms with E-state index < -0.39 is 5.95 Å². The Balaban J connectivity index is 2.29. The fourth-order valence-electron chi connectivity index (χ4n) is 1.65. The monoisotopic (exact) mass is 244 g/mol. The number of nitrogens with zero attached hydrogens (tertiary/aromatic N) is 2. The van der Waals surface area contributed by atoms with Gasteiger partial charge in [0.2, 0.25) is 5.95 Å². The van der Waals surface area contributed by atoms with Gasteiger partial charge >= 0.3 is 0 Å². The van der Waals surface area contributed by atoms with Crippen LogP contribution in [0.25, 0.3) is 0 Å². The summed E-state index contributed by atoms with van der Waals surface area (Å²) in [6.07, 6.45) is 0. The Kier molecular flexibility index (Phi) is 3.37. The predicted molar refractivity (Wildman–Crippen MR) is 68.1 cm³/mol. The van der Waals surface area contributed by atoms with E-state index in [4.69, 9.17) is 0 Å². The first-order valence-corrected chi connectivity index (χ1v) is 5.55. The Morgan fingerprint density at radius 2 is 1.94 bits per heavy atom. The second-order valence-corrected chi connectivity index (χ2v) is 4.05. The Labute approximate surface area is 105 Å². The molecule has 2 rings (SSSR count). The molecule has 1 heterocycles. The van der Waals surface area contributed by atoms with Crippen molar-refractivity contribution in [3.63, 3.8) is 0 Å². The third-order valence-corrected chi connectivity index (χ3v) is 2.63. The molecular weight excluding hydrogens is 231 g/mol. The number of aromatic nitrogens is 1. The topological polar surface area (TPSA) is 33.2 Å². The standard InChI is InChI=1S/C14H13FN2O/c1-10-5-3-6-11(9-10)17(2)14(18)12-7-4-8-13(15)16-12/h3-9H,1-2H3. The second kappa shape index (κ2) is 4.96. The van der Waals surface area contributed by atoms with E-state index in [1.165, 1.54) is 23.1 Å². The van der Waals surface area contributed by atoms with Crippen LogP contribution in [0.2, 0.25) is 0 Å². The van der Waals surface area contributed by atoms with Gasteiger partial charge in [-0.05, 0) is 36.8 Å². The summed E-state index contributed by atoms with van der Waals surface area (Å²) in [6.45, 7) is 1.95. The molecule has 0 saturated carbocycles. The van der Waals surface area contributed by atoms with Gasteiger partial charge in [-0.1, -0.05) is 18.2 Å². The first-order chi connectivity index (χ1) is 8.58. The van der Waals surface area contributed by atoms with Gasteiger partial charge in [-0.25, -0.2) is 4.98 Å². The molecule has 1 aromatic heterocycles. The number of anilines is 1. The molecule has 0 unspecified atom stereocenters. The minimum absolute atomic E-state index is 0.0963. The fraction of sp³-hybridized carbons (Fsp3) is 0.143. The zero-order valence-corrected chi connectivity index (χ0v) is 10.2. The van der Waals surface area contributed by atoms with Crippen LogP contribution in [0.4, 0.5) is 10.1 Å². The SMILES string of the molecule is Cc1cccc(N(C)C(=O)c2cccc(F)n2)c1. The van der Waals surface area contributed by atoms with Crippen LogP contribution in [0, 0.1) is 12.9 Å². The van der Waals surface area contributed by atoms with E-state index in [0.29, 0.717) is 0 Å². The summed E-state index contributed by atoms with van der Waals surface area (Å²) in [6, 6.07) is 11.7. The van der Waals surface area contributed by atoms with Crippen LogP contribution in [-0.4, -0.2) is 17.9 Å². The average Bonchev–Trinajstić information content (AvgIpc) is 2.37. The Morgan fingerprint density at radius 3 is 2.61 bits per heavy atom. The lowest BCUT2D eigenvalue weighted by atomic mass is 10.2. The molecule has 3 nitrogen and oxygen atoms in total. The van der Waals surface area contributed by atoms with Gasteiger partial charge in [0, 0.05) is 12.7 Å². The van der Waals surface area contributed by atoms with Gasteiger partial charge in [0.05, 0.1) is 0 Å². The van der Waals surface area contributed by atoms with Crippen molar-refractivity contribution >= 4 is 11.6 Å². The van der Waals surface area contributed by atoms with Crippen molar-refractivity contribution in [1.29, 1.82) is 0 Å². The highest BCUT2D eigenvalue weighted by molar-refractivity contribution is 6.04. The van der Waals surface area contributed by atoms with Gasteiger partial charge in [-0.2, -0.15) is 4.39 Å². The van der Waals surface area contributed by atoms with Gasteiger partial charge < -0.3 is 4.90 Å². The number of carbonyl (C=O) groups is 1. The molecule has 0 aliphatic rings. The first-order valence-electron chi connectivity index (χ1n) is 5.55. The number of benzene rings is 1. The molecule has 18 heavy (non-hydrogen) atoms. The maximum Gasteiger partial charge on any atom is 0.276 e. The molecular formula is C14H13FN2O. The summed E-state index contributed by atoms with van der Waals surface area (Å²) >= 11 is 0. The van der Waals surface area contributed by atoms with Crippen LogP contribution in [0.3, 0.4) is 0 Å². The molecule has 1 aromatic carbocycles. The third kappa shape index (κ3) is 2.53. The van der Waals surface area contributed by atoms with Crippen molar-refractivity contribution < 1.29 is 9.18 Å². The van der Waals surface area contributed by atoms with E-state index in [2.05, 4.69) is 4.98 Å². The van der Waals surface area contributed by atoms with Crippen molar-refractivity contribution in [3.05, 3.63) is 59.7 Å². The fourth-order valence-corrected chi connectivity index (χ4v) is 1.65. The second-order valence-electron chi connectivity index (χ2n) is 4.05. The smallest absolute Gasteiger partial charge is 0.276 e. The molecule has 4 heteroatoms. The van der Waals surface area contributed by atoms with Gasteiger partial charge in [-0.3, -0.25) is 4.79 Å². The largest absolute Gasteiger partial charge is 0.310 e. The van der Waals surface area contributed by atoms with Crippen LogP contribution < -0.4 is 4.90 Å². The average molecular weight is 244 g/mol. The summed E-state index contributed by atoms with van der Waals surface area (Å²) in [5, 5.41) is 0. The molecule has 0 radical (unpaired) electrons. The van der Waals surface area contributed by atoms with E-state index in [1.807, 2.05) is 31.2 Å². The number of pyridine rings is 1. The number of hydrogen-bond donors (Lipinski definition) is 0. The van der Waals surface area contributed by atoms with E-state index in [-0.39, 0.29) is 11.6 Å². The summed E-state index contributed by atoms with van der Waals surface area (Å²) < 4.78 is 13.0. The van der Waals surface area contributed by atoms with Crippen molar-refractivity contribution in [2.45, 2.75) is 6.92 Å². The molecule has 0 bridgehead atoms. The van der Waals surface area contributed by atoms with Gasteiger partial charge in [0.1, 0.15) is 5.69 Å². The van der Waals surface area contributed by atoms with Crippen molar-refractivity contribution in [2.24, 2.45) is 0 Å². The number of rotatable bonds is 2. The van der Waals surface area contributed by atoms with Crippen molar-refractivity contribution in [3.8, 4) is 0 Å². The molecule has 0 spiro atoms. The zero-order valence-electron chi connectivity index (χ0n) is 10.2. The molecule has 0 aliphatic carbocycles. The lowest BCUT2D eigenvalue weighted by Gasteiger charge is -2.17. The number of aryl methyl sites for hydroxylation is 1. The van der Waals surface area contributed by atoms with Crippen LogP contribution in [0.15, 0.2) is 42.5 Å². The lowest BCUT2D eigenvalue weighted by molar-refractivity contribution is 0.0987. The minimum atomic E-state index is -0.654. The molecule has 0 saturated heterocycles. The van der Waals surface area contributed by atoms with Crippen LogP contribution in [0.5, 0.6) is 0 Å². The van der Waals surface area contributed by atoms with Crippen LogP contribution in [0.1, 0.15) is 16.1 Å². The van der Waals surface area contributed by atoms with Gasteiger partial charge in [0.15, 0.2) is 0 Å². The van der Waals surface area contributed by atoms with E-state index in [0.717, 1.165) is 11.3 Å². The Morgan fingerprint density at radius 1 is 1.22 bits per heavy atom. The summed E-state index contributed by atoms with van der Waals surface area (Å²) in [5.74, 6) is -0.987. The number of carbonyl (C=O) groups excluding carboxylic acids is 1. The van der Waals surface area contributed by atoms with Crippen molar-refractivity contribution in [2.75, 3.05) is 11.9 Å². The lowest BCUT2D eigenvalue weighted by Crippen LogP contribution is -2.27. The maximum absolute atomic E-state index is 13.0. The number of halogens is 1. The molecule has 0 aliphatic heterocycles. The molecule has 92 valence electrons. The Bertz CT molecular complexity index is 584. The maximum atomic E-state index is 13.0. The summed E-state index contributed by atoms with van der Waals surface area (Å²) in [5.41, 5.74) is 1.91. The normalized spacial score (nSPS) is 10.2. The first kappa shape index (κ1) is 12.2. The third-order valence-electron chi connectivity index (χ3n) is 2.63. The summed E-state index contributed by atoms with van der Waals surface area (Å²) in [7, 11) is 1.64. The van der Waals surface area contributed by atoms with E-state index in [9.17, 15) is 9.18 Å². The van der Waals surface area contributed by atoms with E-state index in [1.54, 1.807) is 7.05 Å². The van der Waals surface area contributed by atoms with E-state index >= 15 is 0 Å². The summed E-state index contributed by atoms with van der Waals surface area (Å²) in [4.78, 5) is 17.1. The molecule has 0 fully saturated rings. The molecule has 2 aromatic rings.